The molecule has 8 heteroatoms. The van der Waals surface area contributed by atoms with Gasteiger partial charge in [-0.15, -0.1) is 0 Å². The van der Waals surface area contributed by atoms with E-state index in [1.165, 1.54) is 11.1 Å². The highest BCUT2D eigenvalue weighted by atomic mass is 32.2. The highest BCUT2D eigenvalue weighted by Crippen LogP contribution is 2.29. The second-order valence-electron chi connectivity index (χ2n) is 5.05. The topological polar surface area (TPSA) is 17.1 Å². The fourth-order valence-electron chi connectivity index (χ4n) is 2.31. The molecule has 3 rings (SSSR count). The number of fused-ring (bicyclic) bond motifs is 2. The summed E-state index contributed by atoms with van der Waals surface area (Å²) >= 11 is 0. The zero-order chi connectivity index (χ0) is 17.0. The van der Waals surface area contributed by atoms with Crippen molar-refractivity contribution < 1.29 is 21.5 Å². The molecule has 0 unspecified atom stereocenters. The molecule has 124 valence electrons. The fraction of sp³-hybridized carbons (Fsp3) is 0.200. The molecule has 0 saturated heterocycles. The molecule has 0 aromatic heterocycles. The third-order valence-corrected chi connectivity index (χ3v) is 6.35. The van der Waals surface area contributed by atoms with E-state index in [9.17, 15) is 21.5 Å². The Morgan fingerprint density at radius 3 is 1.61 bits per heavy atom. The van der Waals surface area contributed by atoms with Crippen LogP contribution in [0.1, 0.15) is 11.1 Å². The lowest BCUT2D eigenvalue weighted by molar-refractivity contribution is 0.368. The molecule has 1 aliphatic rings. The number of hydrogen-bond acceptors (Lipinski definition) is 1. The van der Waals surface area contributed by atoms with Crippen molar-refractivity contribution in [1.82, 2.24) is 0 Å². The van der Waals surface area contributed by atoms with E-state index in [2.05, 4.69) is 18.4 Å². The molecule has 0 saturated carbocycles. The van der Waals surface area contributed by atoms with Crippen LogP contribution in [0.25, 0.3) is 0 Å². The summed E-state index contributed by atoms with van der Waals surface area (Å²) in [6.07, 6.45) is 2.29. The van der Waals surface area contributed by atoms with Crippen molar-refractivity contribution in [2.24, 2.45) is 0 Å². The minimum Gasteiger partial charge on any atom is -0.418 e. The van der Waals surface area contributed by atoms with Crippen molar-refractivity contribution in [1.29, 1.82) is 0 Å². The molecule has 2 aromatic rings. The summed E-state index contributed by atoms with van der Waals surface area (Å²) in [5, 5.41) is 0. The van der Waals surface area contributed by atoms with Gasteiger partial charge in [0.15, 0.2) is 0 Å². The molecule has 0 aliphatic carbocycles. The monoisotopic (exact) mass is 362 g/mol. The number of halogens is 4. The maximum absolute atomic E-state index is 12.7. The van der Waals surface area contributed by atoms with Gasteiger partial charge < -0.3 is 17.3 Å². The molecule has 1 nitrogen and oxygen atoms in total. The quantitative estimate of drug-likeness (QED) is 0.385. The first-order valence-electron chi connectivity index (χ1n) is 6.80. The summed E-state index contributed by atoms with van der Waals surface area (Å²) in [5.41, 5.74) is 2.49. The molecule has 0 radical (unpaired) electrons. The molecule has 0 spiro atoms. The zero-order valence-electron chi connectivity index (χ0n) is 12.3. The van der Waals surface area contributed by atoms with Gasteiger partial charge in [-0.05, 0) is 23.0 Å². The van der Waals surface area contributed by atoms with Crippen molar-refractivity contribution in [2.45, 2.75) is 21.3 Å². The van der Waals surface area contributed by atoms with Crippen molar-refractivity contribution >= 4 is 28.9 Å². The average molecular weight is 362 g/mol. The predicted molar refractivity (Wildman–Crippen MR) is 88.4 cm³/mol. The minimum absolute atomic E-state index is 0.309. The Hall–Kier alpha value is -1.28. The lowest BCUT2D eigenvalue weighted by Gasteiger charge is -2.15. The fourth-order valence-corrected chi connectivity index (χ4v) is 5.56. The van der Waals surface area contributed by atoms with Gasteiger partial charge in [0.2, 0.25) is 0 Å². The normalized spacial score (nSPS) is 20.2. The second-order valence-corrected chi connectivity index (χ2v) is 8.61. The Kier molecular flexibility index (Phi) is 5.92. The van der Waals surface area contributed by atoms with Gasteiger partial charge in [-0.1, -0.05) is 36.4 Å². The lowest BCUT2D eigenvalue weighted by Crippen LogP contribution is -2.14. The van der Waals surface area contributed by atoms with E-state index in [-0.39, 0.29) is 0 Å². The average Bonchev–Trinajstić information content (AvgIpc) is 2.45. The summed E-state index contributed by atoms with van der Waals surface area (Å²) in [6.45, 7) is 0. The van der Waals surface area contributed by atoms with Crippen LogP contribution in [0.3, 0.4) is 0 Å². The van der Waals surface area contributed by atoms with Crippen LogP contribution in [-0.2, 0) is 33.2 Å². The van der Waals surface area contributed by atoms with Gasteiger partial charge in [0, 0.05) is 11.1 Å². The summed E-state index contributed by atoms with van der Waals surface area (Å²) in [5.74, 6) is 2.08. The maximum Gasteiger partial charge on any atom is 0.673 e. The van der Waals surface area contributed by atoms with Crippen molar-refractivity contribution in [2.75, 3.05) is 6.26 Å². The smallest absolute Gasteiger partial charge is 0.418 e. The molecule has 0 amide bonds. The van der Waals surface area contributed by atoms with E-state index in [0.29, 0.717) is 10.9 Å². The first-order chi connectivity index (χ1) is 10.8. The first kappa shape index (κ1) is 18.1. The van der Waals surface area contributed by atoms with Crippen molar-refractivity contribution in [3.8, 4) is 0 Å². The highest BCUT2D eigenvalue weighted by molar-refractivity contribution is 7.94. The number of hydrogen-bond donors (Lipinski definition) is 0. The van der Waals surface area contributed by atoms with Crippen LogP contribution >= 0.6 is 0 Å². The van der Waals surface area contributed by atoms with Gasteiger partial charge in [0.1, 0.15) is 11.5 Å². The first-order valence-corrected chi connectivity index (χ1v) is 9.92. The molecule has 23 heavy (non-hydrogen) atoms. The van der Waals surface area contributed by atoms with Crippen molar-refractivity contribution in [3.05, 3.63) is 59.7 Å². The number of benzene rings is 2. The Balaban J connectivity index is 0.000000338. The summed E-state index contributed by atoms with van der Waals surface area (Å²) in [6, 6.07) is 16.3. The van der Waals surface area contributed by atoms with Gasteiger partial charge in [-0.3, -0.25) is 0 Å². The lowest BCUT2D eigenvalue weighted by atomic mass is 10.2. The van der Waals surface area contributed by atoms with Gasteiger partial charge in [-0.2, -0.15) is 0 Å². The maximum atomic E-state index is 12.7. The molecular formula is C15H15BF4OS2. The van der Waals surface area contributed by atoms with Gasteiger partial charge in [0.05, 0.1) is 26.8 Å². The second kappa shape index (κ2) is 7.53. The van der Waals surface area contributed by atoms with Gasteiger partial charge in [0.25, 0.3) is 0 Å². The van der Waals surface area contributed by atoms with E-state index in [1.54, 1.807) is 0 Å². The van der Waals surface area contributed by atoms with Crippen LogP contribution in [0, 0.1) is 0 Å². The Morgan fingerprint density at radius 2 is 1.22 bits per heavy atom. The molecule has 0 N–H and O–H groups in total. The number of rotatable bonds is 0. The zero-order valence-corrected chi connectivity index (χ0v) is 14.0. The molecule has 0 bridgehead atoms. The standard InChI is InChI=1S/C15H15OS2.BF4/c1-17-10-12-6-2-4-8-14(12)18(16)15-9-5-3-7-13(15)11-17;2-1(3,4)5/h2-9H,10-11H2,1H3;/q+1;-1. The van der Waals surface area contributed by atoms with E-state index < -0.39 is 18.1 Å². The van der Waals surface area contributed by atoms with E-state index in [4.69, 9.17) is 0 Å². The Morgan fingerprint density at radius 1 is 0.870 bits per heavy atom. The third kappa shape index (κ3) is 5.39. The van der Waals surface area contributed by atoms with Crippen LogP contribution in [0.5, 0.6) is 0 Å². The van der Waals surface area contributed by atoms with Crippen LogP contribution < -0.4 is 0 Å². The highest BCUT2D eigenvalue weighted by Gasteiger charge is 2.25. The molecular weight excluding hydrogens is 347 g/mol. The van der Waals surface area contributed by atoms with Gasteiger partial charge in [-0.25, -0.2) is 4.21 Å². The van der Waals surface area contributed by atoms with Crippen LogP contribution in [0.2, 0.25) is 0 Å². The van der Waals surface area contributed by atoms with Crippen LogP contribution in [-0.4, -0.2) is 17.7 Å². The minimum atomic E-state index is -6.00. The predicted octanol–water partition coefficient (Wildman–Crippen LogP) is 4.42. The molecule has 0 atom stereocenters. The summed E-state index contributed by atoms with van der Waals surface area (Å²) < 4.78 is 51.7. The third-order valence-electron chi connectivity index (χ3n) is 3.15. The Bertz CT molecular complexity index is 648. The molecule has 0 fully saturated rings. The summed E-state index contributed by atoms with van der Waals surface area (Å²) in [7, 11) is -6.72. The van der Waals surface area contributed by atoms with Gasteiger partial charge >= 0.3 is 7.25 Å². The van der Waals surface area contributed by atoms with E-state index in [0.717, 1.165) is 21.3 Å². The SMILES string of the molecule is C[S+]1Cc2ccccc2S(=O)c2ccccc2C1.F[B-](F)(F)F. The molecule has 1 aliphatic heterocycles. The largest absolute Gasteiger partial charge is 0.673 e. The van der Waals surface area contributed by atoms with Crippen LogP contribution in [0.15, 0.2) is 58.3 Å². The van der Waals surface area contributed by atoms with Crippen LogP contribution in [0.4, 0.5) is 17.3 Å². The summed E-state index contributed by atoms with van der Waals surface area (Å²) in [4.78, 5) is 1.98. The van der Waals surface area contributed by atoms with E-state index >= 15 is 0 Å². The molecule has 2 aromatic carbocycles. The van der Waals surface area contributed by atoms with E-state index in [1.807, 2.05) is 36.4 Å². The molecule has 1 heterocycles. The van der Waals surface area contributed by atoms with Crippen molar-refractivity contribution in [3.63, 3.8) is 0 Å². The Labute approximate surface area is 138 Å².